The predicted molar refractivity (Wildman–Crippen MR) is 130 cm³/mol. The first-order chi connectivity index (χ1) is 16.8. The zero-order chi connectivity index (χ0) is 25.2. The first-order valence-electron chi connectivity index (χ1n) is 11.4. The third kappa shape index (κ3) is 7.70. The fourth-order valence-corrected chi connectivity index (χ4v) is 3.24. The first-order valence-corrected chi connectivity index (χ1v) is 11.4. The van der Waals surface area contributed by atoms with Crippen LogP contribution in [0, 0.1) is 5.92 Å². The number of ether oxygens (including phenoxy) is 1. The Morgan fingerprint density at radius 1 is 1.17 bits per heavy atom. The van der Waals surface area contributed by atoms with Crippen LogP contribution in [0.1, 0.15) is 30.6 Å². The van der Waals surface area contributed by atoms with E-state index in [1.165, 1.54) is 0 Å². The summed E-state index contributed by atoms with van der Waals surface area (Å²) in [6.45, 7) is 5.04. The van der Waals surface area contributed by atoms with E-state index >= 15 is 0 Å². The van der Waals surface area contributed by atoms with Crippen LogP contribution in [0.4, 0.5) is 10.6 Å². The molecule has 2 aromatic heterocycles. The van der Waals surface area contributed by atoms with Crippen molar-refractivity contribution in [1.82, 2.24) is 25.4 Å². The number of aryl methyl sites for hydroxylation is 1. The maximum atomic E-state index is 12.6. The number of benzene rings is 1. The highest BCUT2D eigenvalue weighted by atomic mass is 16.5. The minimum absolute atomic E-state index is 0.117. The monoisotopic (exact) mass is 482 g/mol. The van der Waals surface area contributed by atoms with Crippen molar-refractivity contribution < 1.29 is 24.2 Å². The Labute approximate surface area is 202 Å². The molecule has 11 nitrogen and oxygen atoms in total. The second-order valence-corrected chi connectivity index (χ2v) is 8.37. The minimum atomic E-state index is -1.32. The molecule has 0 radical (unpaired) electrons. The molecule has 2 heterocycles. The number of anilines is 1. The van der Waals surface area contributed by atoms with E-state index in [1.807, 2.05) is 36.7 Å². The lowest BCUT2D eigenvalue weighted by atomic mass is 10.1. The van der Waals surface area contributed by atoms with E-state index in [0.29, 0.717) is 12.1 Å². The van der Waals surface area contributed by atoms with Crippen molar-refractivity contribution in [3.63, 3.8) is 0 Å². The molecule has 0 saturated heterocycles. The van der Waals surface area contributed by atoms with E-state index in [0.717, 1.165) is 29.7 Å². The van der Waals surface area contributed by atoms with Crippen molar-refractivity contribution >= 4 is 34.7 Å². The first kappa shape index (κ1) is 25.5. The Morgan fingerprint density at radius 3 is 2.71 bits per heavy atom. The van der Waals surface area contributed by atoms with Gasteiger partial charge in [0.2, 0.25) is 0 Å². The van der Waals surface area contributed by atoms with Gasteiger partial charge in [-0.05, 0) is 42.7 Å². The number of aliphatic carboxylic acids is 1. The van der Waals surface area contributed by atoms with Gasteiger partial charge in [-0.15, -0.1) is 0 Å². The standard InChI is InChI=1S/C24H30N6O5/c1-16(2)15-35-24(34)29-19(23(32)33)14-27-22(31)17-7-8-20-18(12-17)13-28-30(20)11-5-10-26-21-6-3-4-9-25-21/h3-4,6-9,12-13,16,19H,5,10-11,14-15H2,1-2H3,(H,25,26)(H,27,31)(H,29,34)(H,32,33). The third-order valence-corrected chi connectivity index (χ3v) is 5.03. The van der Waals surface area contributed by atoms with Gasteiger partial charge in [0.15, 0.2) is 0 Å². The number of fused-ring (bicyclic) bond motifs is 1. The Morgan fingerprint density at radius 2 is 2.00 bits per heavy atom. The molecule has 4 N–H and O–H groups in total. The Kier molecular flexibility index (Phi) is 8.99. The summed E-state index contributed by atoms with van der Waals surface area (Å²) >= 11 is 0. The molecule has 0 spiro atoms. The molecule has 35 heavy (non-hydrogen) atoms. The molecule has 186 valence electrons. The Hall–Kier alpha value is -4.15. The van der Waals surface area contributed by atoms with Gasteiger partial charge < -0.3 is 25.8 Å². The summed E-state index contributed by atoms with van der Waals surface area (Å²) in [5, 5.41) is 22.6. The summed E-state index contributed by atoms with van der Waals surface area (Å²) in [6.07, 6.45) is 3.41. The molecule has 0 aliphatic carbocycles. The SMILES string of the molecule is CC(C)COC(=O)NC(CNC(=O)c1ccc2c(cnn2CCCNc2ccccn2)c1)C(=O)O. The van der Waals surface area contributed by atoms with Gasteiger partial charge in [0.05, 0.1) is 18.3 Å². The molecule has 2 amide bonds. The van der Waals surface area contributed by atoms with Crippen molar-refractivity contribution in [3.05, 3.63) is 54.4 Å². The van der Waals surface area contributed by atoms with Gasteiger partial charge in [-0.1, -0.05) is 19.9 Å². The lowest BCUT2D eigenvalue weighted by molar-refractivity contribution is -0.139. The zero-order valence-electron chi connectivity index (χ0n) is 19.7. The maximum Gasteiger partial charge on any atom is 0.407 e. The quantitative estimate of drug-likeness (QED) is 0.288. The molecule has 0 aliphatic heterocycles. The molecular formula is C24H30N6O5. The summed E-state index contributed by atoms with van der Waals surface area (Å²) in [5.41, 5.74) is 1.25. The predicted octanol–water partition coefficient (Wildman–Crippen LogP) is 2.50. The van der Waals surface area contributed by atoms with Crippen molar-refractivity contribution in [2.24, 2.45) is 5.92 Å². The van der Waals surface area contributed by atoms with E-state index in [9.17, 15) is 19.5 Å². The second-order valence-electron chi connectivity index (χ2n) is 8.37. The second kappa shape index (κ2) is 12.4. The van der Waals surface area contributed by atoms with Crippen molar-refractivity contribution in [1.29, 1.82) is 0 Å². The highest BCUT2D eigenvalue weighted by molar-refractivity contribution is 5.98. The van der Waals surface area contributed by atoms with E-state index in [2.05, 4.69) is 26.0 Å². The maximum absolute atomic E-state index is 12.6. The molecule has 0 saturated carbocycles. The Bertz CT molecular complexity index is 1150. The van der Waals surface area contributed by atoms with Crippen molar-refractivity contribution in [3.8, 4) is 0 Å². The number of alkyl carbamates (subject to hydrolysis) is 1. The number of carbonyl (C=O) groups excluding carboxylic acids is 2. The van der Waals surface area contributed by atoms with Crippen LogP contribution in [0.25, 0.3) is 10.9 Å². The van der Waals surface area contributed by atoms with Gasteiger partial charge >= 0.3 is 12.1 Å². The topological polar surface area (TPSA) is 147 Å². The fourth-order valence-electron chi connectivity index (χ4n) is 3.24. The van der Waals surface area contributed by atoms with Crippen LogP contribution in [-0.4, -0.2) is 63.6 Å². The molecule has 3 aromatic rings. The average molecular weight is 483 g/mol. The molecule has 3 rings (SSSR count). The number of amides is 2. The molecule has 1 aromatic carbocycles. The van der Waals surface area contributed by atoms with Crippen molar-refractivity contribution in [2.75, 3.05) is 25.0 Å². The van der Waals surface area contributed by atoms with E-state index in [-0.39, 0.29) is 19.1 Å². The molecule has 0 aliphatic rings. The van der Waals surface area contributed by atoms with Crippen LogP contribution in [0.2, 0.25) is 0 Å². The van der Waals surface area contributed by atoms with Crippen LogP contribution in [0.5, 0.6) is 0 Å². The lowest BCUT2D eigenvalue weighted by Crippen LogP contribution is -2.48. The van der Waals surface area contributed by atoms with Crippen LogP contribution < -0.4 is 16.0 Å². The highest BCUT2D eigenvalue weighted by Gasteiger charge is 2.22. The van der Waals surface area contributed by atoms with E-state index in [4.69, 9.17) is 4.74 Å². The van der Waals surface area contributed by atoms with Crippen LogP contribution in [-0.2, 0) is 16.1 Å². The number of hydrogen-bond donors (Lipinski definition) is 4. The molecule has 11 heteroatoms. The van der Waals surface area contributed by atoms with Gasteiger partial charge in [-0.3, -0.25) is 9.48 Å². The van der Waals surface area contributed by atoms with Crippen LogP contribution in [0.15, 0.2) is 48.8 Å². The molecule has 1 atom stereocenters. The number of pyridine rings is 1. The normalized spacial score (nSPS) is 11.7. The van der Waals surface area contributed by atoms with E-state index in [1.54, 1.807) is 30.6 Å². The number of nitrogens with one attached hydrogen (secondary N) is 3. The van der Waals surface area contributed by atoms with Gasteiger partial charge in [0.25, 0.3) is 5.91 Å². The summed E-state index contributed by atoms with van der Waals surface area (Å²) < 4.78 is 6.81. The smallest absolute Gasteiger partial charge is 0.407 e. The summed E-state index contributed by atoms with van der Waals surface area (Å²) in [5.74, 6) is -0.795. The molecule has 0 bridgehead atoms. The van der Waals surface area contributed by atoms with Crippen LogP contribution in [0.3, 0.4) is 0 Å². The lowest BCUT2D eigenvalue weighted by Gasteiger charge is -2.16. The Balaban J connectivity index is 1.52. The zero-order valence-corrected chi connectivity index (χ0v) is 19.7. The number of carboxylic acid groups (broad SMARTS) is 1. The van der Waals surface area contributed by atoms with Gasteiger partial charge in [-0.2, -0.15) is 5.10 Å². The molecule has 0 fully saturated rings. The van der Waals surface area contributed by atoms with Crippen molar-refractivity contribution in [2.45, 2.75) is 32.9 Å². The summed E-state index contributed by atoms with van der Waals surface area (Å²) in [7, 11) is 0. The highest BCUT2D eigenvalue weighted by Crippen LogP contribution is 2.16. The summed E-state index contributed by atoms with van der Waals surface area (Å²) in [6, 6.07) is 9.53. The number of hydrogen-bond acceptors (Lipinski definition) is 7. The third-order valence-electron chi connectivity index (χ3n) is 5.03. The van der Waals surface area contributed by atoms with E-state index < -0.39 is 24.0 Å². The summed E-state index contributed by atoms with van der Waals surface area (Å²) in [4.78, 5) is 40.0. The fraction of sp³-hybridized carbons (Fsp3) is 0.375. The number of carbonyl (C=O) groups is 3. The molecule has 1 unspecified atom stereocenters. The largest absolute Gasteiger partial charge is 0.480 e. The molecular weight excluding hydrogens is 452 g/mol. The number of rotatable bonds is 12. The van der Waals surface area contributed by atoms with Gasteiger partial charge in [0.1, 0.15) is 11.9 Å². The number of aromatic nitrogens is 3. The number of nitrogens with zero attached hydrogens (tertiary/aromatic N) is 3. The van der Waals surface area contributed by atoms with Crippen LogP contribution >= 0.6 is 0 Å². The van der Waals surface area contributed by atoms with Gasteiger partial charge in [0, 0.05) is 36.8 Å². The minimum Gasteiger partial charge on any atom is -0.480 e. The number of carboxylic acids is 1. The average Bonchev–Trinajstić information content (AvgIpc) is 3.25. The van der Waals surface area contributed by atoms with Gasteiger partial charge in [-0.25, -0.2) is 14.6 Å².